The Hall–Kier alpha value is -1.13. The SMILES string of the molecule is O=C(CCl)N1CCN(Cc2ccc(F)cc2)CC1. The first-order chi connectivity index (χ1) is 8.69. The molecule has 1 aromatic rings. The zero-order valence-corrected chi connectivity index (χ0v) is 10.9. The Labute approximate surface area is 111 Å². The second kappa shape index (κ2) is 6.16. The van der Waals surface area contributed by atoms with E-state index in [1.165, 1.54) is 12.1 Å². The van der Waals surface area contributed by atoms with Crippen molar-refractivity contribution < 1.29 is 9.18 Å². The molecule has 18 heavy (non-hydrogen) atoms. The van der Waals surface area contributed by atoms with Gasteiger partial charge < -0.3 is 4.90 Å². The van der Waals surface area contributed by atoms with E-state index in [0.29, 0.717) is 13.1 Å². The molecule has 1 heterocycles. The topological polar surface area (TPSA) is 23.6 Å². The van der Waals surface area contributed by atoms with Crippen LogP contribution >= 0.6 is 11.6 Å². The lowest BCUT2D eigenvalue weighted by Crippen LogP contribution is -2.48. The normalized spacial score (nSPS) is 16.9. The van der Waals surface area contributed by atoms with Crippen molar-refractivity contribution in [3.63, 3.8) is 0 Å². The maximum absolute atomic E-state index is 12.8. The molecular formula is C13H16ClFN2O. The predicted molar refractivity (Wildman–Crippen MR) is 69.0 cm³/mol. The number of carbonyl (C=O) groups excluding carboxylic acids is 1. The third-order valence-corrected chi connectivity index (χ3v) is 3.39. The van der Waals surface area contributed by atoms with Crippen molar-refractivity contribution in [3.8, 4) is 0 Å². The van der Waals surface area contributed by atoms with E-state index < -0.39 is 0 Å². The van der Waals surface area contributed by atoms with Gasteiger partial charge in [0.05, 0.1) is 0 Å². The maximum Gasteiger partial charge on any atom is 0.237 e. The summed E-state index contributed by atoms with van der Waals surface area (Å²) < 4.78 is 12.8. The lowest BCUT2D eigenvalue weighted by molar-refractivity contribution is -0.130. The summed E-state index contributed by atoms with van der Waals surface area (Å²) in [6, 6.07) is 6.54. The molecule has 0 aromatic heterocycles. The van der Waals surface area contributed by atoms with Gasteiger partial charge in [-0.3, -0.25) is 9.69 Å². The van der Waals surface area contributed by atoms with Crippen LogP contribution in [0.25, 0.3) is 0 Å². The number of carbonyl (C=O) groups is 1. The van der Waals surface area contributed by atoms with Crippen molar-refractivity contribution in [2.75, 3.05) is 32.1 Å². The van der Waals surface area contributed by atoms with Crippen LogP contribution in [-0.2, 0) is 11.3 Å². The number of halogens is 2. The number of piperazine rings is 1. The fraction of sp³-hybridized carbons (Fsp3) is 0.462. The Morgan fingerprint density at radius 1 is 1.17 bits per heavy atom. The number of rotatable bonds is 3. The van der Waals surface area contributed by atoms with Crippen molar-refractivity contribution in [3.05, 3.63) is 35.6 Å². The van der Waals surface area contributed by atoms with Crippen molar-refractivity contribution in [2.45, 2.75) is 6.54 Å². The average Bonchev–Trinajstić information content (AvgIpc) is 2.41. The molecule has 3 nitrogen and oxygen atoms in total. The summed E-state index contributed by atoms with van der Waals surface area (Å²) >= 11 is 5.53. The molecule has 1 amide bonds. The highest BCUT2D eigenvalue weighted by molar-refractivity contribution is 6.27. The van der Waals surface area contributed by atoms with Crippen molar-refractivity contribution >= 4 is 17.5 Å². The highest BCUT2D eigenvalue weighted by Crippen LogP contribution is 2.10. The first-order valence-corrected chi connectivity index (χ1v) is 6.53. The molecule has 2 rings (SSSR count). The molecule has 0 atom stereocenters. The van der Waals surface area contributed by atoms with Crippen molar-refractivity contribution in [1.82, 2.24) is 9.80 Å². The largest absolute Gasteiger partial charge is 0.339 e. The van der Waals surface area contributed by atoms with Crippen LogP contribution in [0.4, 0.5) is 4.39 Å². The first-order valence-electron chi connectivity index (χ1n) is 5.99. The zero-order valence-electron chi connectivity index (χ0n) is 10.1. The Bertz CT molecular complexity index is 402. The highest BCUT2D eigenvalue weighted by atomic mass is 35.5. The molecule has 1 aliphatic rings. The molecule has 1 fully saturated rings. The summed E-state index contributed by atoms with van der Waals surface area (Å²) in [6.45, 7) is 3.89. The number of amides is 1. The lowest BCUT2D eigenvalue weighted by Gasteiger charge is -2.34. The monoisotopic (exact) mass is 270 g/mol. The van der Waals surface area contributed by atoms with E-state index in [0.717, 1.165) is 25.2 Å². The molecule has 98 valence electrons. The molecule has 0 spiro atoms. The van der Waals surface area contributed by atoms with Crippen LogP contribution < -0.4 is 0 Å². The van der Waals surface area contributed by atoms with Gasteiger partial charge in [-0.1, -0.05) is 12.1 Å². The lowest BCUT2D eigenvalue weighted by atomic mass is 10.2. The van der Waals surface area contributed by atoms with Gasteiger partial charge in [-0.15, -0.1) is 11.6 Å². The summed E-state index contributed by atoms with van der Waals surface area (Å²) in [5, 5.41) is 0. The van der Waals surface area contributed by atoms with Gasteiger partial charge >= 0.3 is 0 Å². The van der Waals surface area contributed by atoms with Gasteiger partial charge in [0.1, 0.15) is 11.7 Å². The predicted octanol–water partition coefficient (Wildman–Crippen LogP) is 1.71. The van der Waals surface area contributed by atoms with E-state index in [9.17, 15) is 9.18 Å². The summed E-state index contributed by atoms with van der Waals surface area (Å²) in [6.07, 6.45) is 0. The fourth-order valence-corrected chi connectivity index (χ4v) is 2.26. The summed E-state index contributed by atoms with van der Waals surface area (Å²) in [4.78, 5) is 15.4. The van der Waals surface area contributed by atoms with Crippen molar-refractivity contribution in [1.29, 1.82) is 0 Å². The van der Waals surface area contributed by atoms with E-state index >= 15 is 0 Å². The number of nitrogens with zero attached hydrogens (tertiary/aromatic N) is 2. The van der Waals surface area contributed by atoms with Crippen LogP contribution in [0.1, 0.15) is 5.56 Å². The zero-order chi connectivity index (χ0) is 13.0. The van der Waals surface area contributed by atoms with Gasteiger partial charge in [0.2, 0.25) is 5.91 Å². The number of hydrogen-bond donors (Lipinski definition) is 0. The van der Waals surface area contributed by atoms with Gasteiger partial charge in [-0.2, -0.15) is 0 Å². The van der Waals surface area contributed by atoms with Crippen LogP contribution in [-0.4, -0.2) is 47.8 Å². The van der Waals surface area contributed by atoms with Gasteiger partial charge in [0.25, 0.3) is 0 Å². The molecule has 0 bridgehead atoms. The van der Waals surface area contributed by atoms with E-state index in [1.807, 2.05) is 0 Å². The second-order valence-electron chi connectivity index (χ2n) is 4.42. The minimum atomic E-state index is -0.212. The highest BCUT2D eigenvalue weighted by Gasteiger charge is 2.20. The summed E-state index contributed by atoms with van der Waals surface area (Å²) in [5.74, 6) is -0.160. The van der Waals surface area contributed by atoms with Gasteiger partial charge in [0.15, 0.2) is 0 Å². The Morgan fingerprint density at radius 2 is 1.78 bits per heavy atom. The average molecular weight is 271 g/mol. The van der Waals surface area contributed by atoms with E-state index in [2.05, 4.69) is 4.90 Å². The van der Waals surface area contributed by atoms with E-state index in [4.69, 9.17) is 11.6 Å². The third kappa shape index (κ3) is 3.43. The molecule has 0 saturated carbocycles. The molecule has 1 aromatic carbocycles. The van der Waals surface area contributed by atoms with Crippen LogP contribution in [0.2, 0.25) is 0 Å². The molecule has 0 aliphatic carbocycles. The molecule has 0 radical (unpaired) electrons. The number of benzene rings is 1. The smallest absolute Gasteiger partial charge is 0.237 e. The molecular weight excluding hydrogens is 255 g/mol. The fourth-order valence-electron chi connectivity index (χ4n) is 2.09. The van der Waals surface area contributed by atoms with Crippen LogP contribution in [0.5, 0.6) is 0 Å². The minimum absolute atomic E-state index is 0.00176. The van der Waals surface area contributed by atoms with Crippen molar-refractivity contribution in [2.24, 2.45) is 0 Å². The van der Waals surface area contributed by atoms with Crippen LogP contribution in [0, 0.1) is 5.82 Å². The van der Waals surface area contributed by atoms with Gasteiger partial charge in [0, 0.05) is 32.7 Å². The summed E-state index contributed by atoms with van der Waals surface area (Å²) in [7, 11) is 0. The van der Waals surface area contributed by atoms with Gasteiger partial charge in [-0.25, -0.2) is 4.39 Å². The summed E-state index contributed by atoms with van der Waals surface area (Å²) in [5.41, 5.74) is 1.09. The quantitative estimate of drug-likeness (QED) is 0.781. The Balaban J connectivity index is 1.83. The molecule has 0 unspecified atom stereocenters. The van der Waals surface area contributed by atoms with Crippen LogP contribution in [0.3, 0.4) is 0 Å². The molecule has 0 N–H and O–H groups in total. The number of alkyl halides is 1. The van der Waals surface area contributed by atoms with Crippen LogP contribution in [0.15, 0.2) is 24.3 Å². The Kier molecular flexibility index (Phi) is 4.55. The minimum Gasteiger partial charge on any atom is -0.339 e. The molecule has 1 aliphatic heterocycles. The maximum atomic E-state index is 12.8. The Morgan fingerprint density at radius 3 is 2.33 bits per heavy atom. The first kappa shape index (κ1) is 13.3. The van der Waals surface area contributed by atoms with E-state index in [-0.39, 0.29) is 17.6 Å². The second-order valence-corrected chi connectivity index (χ2v) is 4.68. The number of hydrogen-bond acceptors (Lipinski definition) is 2. The van der Waals surface area contributed by atoms with E-state index in [1.54, 1.807) is 17.0 Å². The van der Waals surface area contributed by atoms with Gasteiger partial charge in [-0.05, 0) is 17.7 Å². The third-order valence-electron chi connectivity index (χ3n) is 3.16. The standard InChI is InChI=1S/C13H16ClFN2O/c14-9-13(18)17-7-5-16(6-8-17)10-11-1-3-12(15)4-2-11/h1-4H,5-10H2. The molecule has 5 heteroatoms. The molecule has 1 saturated heterocycles.